The van der Waals surface area contributed by atoms with Crippen LogP contribution in [0.15, 0.2) is 72.0 Å². The molecule has 0 bridgehead atoms. The van der Waals surface area contributed by atoms with Crippen molar-refractivity contribution in [2.24, 2.45) is 7.05 Å². The number of aryl methyl sites for hydroxylation is 2. The molecule has 6 nitrogen and oxygen atoms in total. The molecule has 4 rings (SSSR count). The lowest BCUT2D eigenvalue weighted by atomic mass is 10.2. The zero-order chi connectivity index (χ0) is 21.1. The van der Waals surface area contributed by atoms with Crippen molar-refractivity contribution in [1.29, 1.82) is 0 Å². The molecule has 2 heterocycles. The van der Waals surface area contributed by atoms with Gasteiger partial charge < -0.3 is 9.30 Å². The lowest BCUT2D eigenvalue weighted by Gasteiger charge is -2.11. The van der Waals surface area contributed by atoms with Gasteiger partial charge in [-0.1, -0.05) is 29.5 Å². The summed E-state index contributed by atoms with van der Waals surface area (Å²) in [6, 6.07) is 19.6. The highest BCUT2D eigenvalue weighted by molar-refractivity contribution is 7.99. The molecule has 0 amide bonds. The molecule has 0 aliphatic carbocycles. The molecule has 0 atom stereocenters. The molecular weight excluding hydrogens is 396 g/mol. The second-order valence-corrected chi connectivity index (χ2v) is 7.86. The van der Waals surface area contributed by atoms with Crippen LogP contribution in [0, 0.1) is 6.92 Å². The molecule has 7 heteroatoms. The number of rotatable bonds is 7. The van der Waals surface area contributed by atoms with Gasteiger partial charge in [0, 0.05) is 24.5 Å². The molecule has 0 N–H and O–H groups in total. The number of benzene rings is 2. The average Bonchev–Trinajstić information content (AvgIpc) is 3.39. The van der Waals surface area contributed by atoms with E-state index in [9.17, 15) is 4.79 Å². The van der Waals surface area contributed by atoms with Crippen LogP contribution in [0.2, 0.25) is 0 Å². The Balaban J connectivity index is 1.69. The van der Waals surface area contributed by atoms with Crippen molar-refractivity contribution in [3.05, 3.63) is 78.1 Å². The standard InChI is InChI=1S/C23H22N4O2S/c1-16-6-10-18(11-7-16)27-22(17-8-12-19(29-3)13-9-17)24-25-23(27)30-15-21(28)20-5-4-14-26(20)2/h4-14H,15H2,1-3H3. The summed E-state index contributed by atoms with van der Waals surface area (Å²) in [4.78, 5) is 12.6. The second kappa shape index (κ2) is 8.59. The molecule has 0 saturated carbocycles. The van der Waals surface area contributed by atoms with E-state index in [0.29, 0.717) is 10.9 Å². The van der Waals surface area contributed by atoms with E-state index in [1.165, 1.54) is 17.3 Å². The number of thioether (sulfide) groups is 1. The summed E-state index contributed by atoms with van der Waals surface area (Å²) >= 11 is 1.39. The summed E-state index contributed by atoms with van der Waals surface area (Å²) < 4.78 is 9.08. The maximum atomic E-state index is 12.6. The average molecular weight is 419 g/mol. The molecule has 0 fully saturated rings. The van der Waals surface area contributed by atoms with Crippen LogP contribution < -0.4 is 4.74 Å². The van der Waals surface area contributed by atoms with Crippen molar-refractivity contribution in [3.63, 3.8) is 0 Å². The van der Waals surface area contributed by atoms with Crippen LogP contribution in [0.4, 0.5) is 0 Å². The molecule has 2 aromatic carbocycles. The number of ether oxygens (including phenoxy) is 1. The van der Waals surface area contributed by atoms with Crippen molar-refractivity contribution in [3.8, 4) is 22.8 Å². The predicted molar refractivity (Wildman–Crippen MR) is 119 cm³/mol. The van der Waals surface area contributed by atoms with Gasteiger partial charge in [-0.05, 0) is 55.5 Å². The lowest BCUT2D eigenvalue weighted by molar-refractivity contribution is 0.101. The van der Waals surface area contributed by atoms with Gasteiger partial charge in [0.2, 0.25) is 0 Å². The first-order valence-corrected chi connectivity index (χ1v) is 10.5. The van der Waals surface area contributed by atoms with Gasteiger partial charge in [0.15, 0.2) is 16.8 Å². The number of ketones is 1. The first-order valence-electron chi connectivity index (χ1n) is 9.51. The largest absolute Gasteiger partial charge is 0.497 e. The molecule has 0 spiro atoms. The van der Waals surface area contributed by atoms with E-state index in [-0.39, 0.29) is 11.5 Å². The zero-order valence-electron chi connectivity index (χ0n) is 17.1. The van der Waals surface area contributed by atoms with Gasteiger partial charge in [-0.3, -0.25) is 9.36 Å². The SMILES string of the molecule is COc1ccc(-c2nnc(SCC(=O)c3cccn3C)n2-c2ccc(C)cc2)cc1. The molecular formula is C23H22N4O2S. The van der Waals surface area contributed by atoms with Crippen molar-refractivity contribution < 1.29 is 9.53 Å². The van der Waals surface area contributed by atoms with Crippen LogP contribution in [-0.4, -0.2) is 38.0 Å². The van der Waals surface area contributed by atoms with Crippen molar-refractivity contribution >= 4 is 17.5 Å². The predicted octanol–water partition coefficient (Wildman–Crippen LogP) is 4.56. The molecule has 0 aliphatic heterocycles. The Kier molecular flexibility index (Phi) is 5.72. The fourth-order valence-electron chi connectivity index (χ4n) is 3.17. The summed E-state index contributed by atoms with van der Waals surface area (Å²) in [6.45, 7) is 2.05. The Morgan fingerprint density at radius 2 is 1.77 bits per heavy atom. The number of carbonyl (C=O) groups is 1. The van der Waals surface area contributed by atoms with Crippen LogP contribution in [0.1, 0.15) is 16.1 Å². The van der Waals surface area contributed by atoms with E-state index in [1.54, 1.807) is 7.11 Å². The third kappa shape index (κ3) is 4.02. The second-order valence-electron chi connectivity index (χ2n) is 6.92. The van der Waals surface area contributed by atoms with Crippen molar-refractivity contribution in [2.75, 3.05) is 12.9 Å². The zero-order valence-corrected chi connectivity index (χ0v) is 17.9. The Bertz CT molecular complexity index is 1160. The number of Topliss-reactive ketones (excluding diaryl/α,β-unsaturated/α-hetero) is 1. The molecule has 0 unspecified atom stereocenters. The number of hydrogen-bond acceptors (Lipinski definition) is 5. The first-order chi connectivity index (χ1) is 14.6. The fraction of sp³-hybridized carbons (Fsp3) is 0.174. The van der Waals surface area contributed by atoms with E-state index in [4.69, 9.17) is 4.74 Å². The van der Waals surface area contributed by atoms with E-state index >= 15 is 0 Å². The van der Waals surface area contributed by atoms with Gasteiger partial charge in [0.1, 0.15) is 5.75 Å². The number of aromatic nitrogens is 4. The fourth-order valence-corrected chi connectivity index (χ4v) is 4.00. The molecule has 30 heavy (non-hydrogen) atoms. The smallest absolute Gasteiger partial charge is 0.196 e. The summed E-state index contributed by atoms with van der Waals surface area (Å²) in [5, 5.41) is 9.50. The van der Waals surface area contributed by atoms with Crippen LogP contribution in [-0.2, 0) is 7.05 Å². The van der Waals surface area contributed by atoms with E-state index in [0.717, 1.165) is 22.8 Å². The molecule has 0 aliphatic rings. The maximum Gasteiger partial charge on any atom is 0.196 e. The van der Waals surface area contributed by atoms with Crippen molar-refractivity contribution in [2.45, 2.75) is 12.1 Å². The van der Waals surface area contributed by atoms with E-state index in [1.807, 2.05) is 70.9 Å². The summed E-state index contributed by atoms with van der Waals surface area (Å²) in [5.41, 5.74) is 3.72. The summed E-state index contributed by atoms with van der Waals surface area (Å²) in [5.74, 6) is 1.83. The van der Waals surface area contributed by atoms with Crippen molar-refractivity contribution in [1.82, 2.24) is 19.3 Å². The minimum atomic E-state index is 0.0527. The highest BCUT2D eigenvalue weighted by Gasteiger charge is 2.18. The highest BCUT2D eigenvalue weighted by atomic mass is 32.2. The molecule has 2 aromatic heterocycles. The van der Waals surface area contributed by atoms with E-state index in [2.05, 4.69) is 29.3 Å². The minimum absolute atomic E-state index is 0.0527. The molecule has 152 valence electrons. The third-order valence-electron chi connectivity index (χ3n) is 4.84. The number of hydrogen-bond donors (Lipinski definition) is 0. The lowest BCUT2D eigenvalue weighted by Crippen LogP contribution is -2.08. The van der Waals surface area contributed by atoms with Gasteiger partial charge in [-0.2, -0.15) is 0 Å². The molecule has 0 saturated heterocycles. The van der Waals surface area contributed by atoms with Gasteiger partial charge in [-0.15, -0.1) is 10.2 Å². The minimum Gasteiger partial charge on any atom is -0.497 e. The van der Waals surface area contributed by atoms with Crippen LogP contribution in [0.5, 0.6) is 5.75 Å². The molecule has 0 radical (unpaired) electrons. The Morgan fingerprint density at radius 3 is 2.40 bits per heavy atom. The topological polar surface area (TPSA) is 61.9 Å². The van der Waals surface area contributed by atoms with Gasteiger partial charge in [-0.25, -0.2) is 0 Å². The molecule has 4 aromatic rings. The Labute approximate surface area is 179 Å². The van der Waals surface area contributed by atoms with Crippen LogP contribution >= 0.6 is 11.8 Å². The van der Waals surface area contributed by atoms with Crippen LogP contribution in [0.25, 0.3) is 17.1 Å². The monoisotopic (exact) mass is 418 g/mol. The van der Waals surface area contributed by atoms with Gasteiger partial charge in [0.25, 0.3) is 0 Å². The number of methoxy groups -OCH3 is 1. The number of carbonyl (C=O) groups excluding carboxylic acids is 1. The first kappa shape index (κ1) is 20.0. The van der Waals surface area contributed by atoms with Crippen LogP contribution in [0.3, 0.4) is 0 Å². The van der Waals surface area contributed by atoms with E-state index < -0.39 is 0 Å². The Morgan fingerprint density at radius 1 is 1.03 bits per heavy atom. The van der Waals surface area contributed by atoms with Gasteiger partial charge in [0.05, 0.1) is 18.6 Å². The Hall–Kier alpha value is -3.32. The summed E-state index contributed by atoms with van der Waals surface area (Å²) in [7, 11) is 3.51. The quantitative estimate of drug-likeness (QED) is 0.325. The summed E-state index contributed by atoms with van der Waals surface area (Å²) in [6.07, 6.45) is 1.87. The third-order valence-corrected chi connectivity index (χ3v) is 5.76. The maximum absolute atomic E-state index is 12.6. The number of nitrogens with zero attached hydrogens (tertiary/aromatic N) is 4. The highest BCUT2D eigenvalue weighted by Crippen LogP contribution is 2.29. The normalized spacial score (nSPS) is 10.9. The van der Waals surface area contributed by atoms with Gasteiger partial charge >= 0.3 is 0 Å².